The number of alkyl halides is 7. The Morgan fingerprint density at radius 3 is 1.85 bits per heavy atom. The van der Waals surface area contributed by atoms with Crippen molar-refractivity contribution in [2.24, 2.45) is 0 Å². The Bertz CT molecular complexity index is 557. The van der Waals surface area contributed by atoms with Gasteiger partial charge in [-0.1, -0.05) is 37.3 Å². The van der Waals surface area contributed by atoms with E-state index >= 15 is 0 Å². The van der Waals surface area contributed by atoms with Gasteiger partial charge in [0.2, 0.25) is 0 Å². The maximum absolute atomic E-state index is 13.6. The SMILES string of the molecule is CC1(c2ccccc2)CCN(CCCC(F)(C(F)(F)F)C(F)(F)F)CC1. The van der Waals surface area contributed by atoms with Crippen molar-refractivity contribution in [3.63, 3.8) is 0 Å². The van der Waals surface area contributed by atoms with Crippen molar-refractivity contribution in [3.8, 4) is 0 Å². The molecule has 0 radical (unpaired) electrons. The molecule has 0 unspecified atom stereocenters. The zero-order valence-corrected chi connectivity index (χ0v) is 14.4. The average Bonchev–Trinajstić information content (AvgIpc) is 2.55. The topological polar surface area (TPSA) is 3.24 Å². The molecule has 1 nitrogen and oxygen atoms in total. The van der Waals surface area contributed by atoms with E-state index in [1.165, 1.54) is 0 Å². The Labute approximate surface area is 148 Å². The Hall–Kier alpha value is -1.31. The number of benzene rings is 1. The Morgan fingerprint density at radius 1 is 0.885 bits per heavy atom. The highest BCUT2D eigenvalue weighted by molar-refractivity contribution is 5.25. The highest BCUT2D eigenvalue weighted by Gasteiger charge is 2.71. The van der Waals surface area contributed by atoms with Crippen molar-refractivity contribution in [1.29, 1.82) is 0 Å². The zero-order chi connectivity index (χ0) is 19.6. The number of likely N-dealkylation sites (tertiary alicyclic amines) is 1. The molecular weight excluding hydrogens is 363 g/mol. The molecule has 8 heteroatoms. The Morgan fingerprint density at radius 2 is 1.38 bits per heavy atom. The van der Waals surface area contributed by atoms with Crippen molar-refractivity contribution in [3.05, 3.63) is 35.9 Å². The van der Waals surface area contributed by atoms with Crippen molar-refractivity contribution < 1.29 is 30.7 Å². The van der Waals surface area contributed by atoms with Crippen LogP contribution in [0.3, 0.4) is 0 Å². The summed E-state index contributed by atoms with van der Waals surface area (Å²) in [7, 11) is 0. The van der Waals surface area contributed by atoms with Gasteiger partial charge in [-0.2, -0.15) is 26.3 Å². The Kier molecular flexibility index (Phi) is 5.95. The first-order valence-electron chi connectivity index (χ1n) is 8.49. The number of nitrogens with zero attached hydrogens (tertiary/aromatic N) is 1. The van der Waals surface area contributed by atoms with Crippen LogP contribution in [0, 0.1) is 0 Å². The average molecular weight is 385 g/mol. The third-order valence-corrected chi connectivity index (χ3v) is 5.32. The first kappa shape index (κ1) is 21.0. The predicted octanol–water partition coefficient (Wildman–Crippen LogP) is 5.65. The van der Waals surface area contributed by atoms with E-state index in [2.05, 4.69) is 6.92 Å². The van der Waals surface area contributed by atoms with Crippen LogP contribution in [-0.2, 0) is 5.41 Å². The maximum Gasteiger partial charge on any atom is 0.431 e. The van der Waals surface area contributed by atoms with Crippen molar-refractivity contribution in [2.75, 3.05) is 19.6 Å². The van der Waals surface area contributed by atoms with E-state index in [1.807, 2.05) is 30.3 Å². The van der Waals surface area contributed by atoms with Crippen LogP contribution in [0.5, 0.6) is 0 Å². The molecule has 148 valence electrons. The fourth-order valence-corrected chi connectivity index (χ4v) is 3.39. The quantitative estimate of drug-likeness (QED) is 0.592. The molecule has 1 aromatic carbocycles. The Balaban J connectivity index is 1.89. The molecule has 1 saturated heterocycles. The smallest absolute Gasteiger partial charge is 0.303 e. The third kappa shape index (κ3) is 4.32. The minimum atomic E-state index is -5.96. The van der Waals surface area contributed by atoms with E-state index in [1.54, 1.807) is 4.90 Å². The molecule has 0 N–H and O–H groups in total. The van der Waals surface area contributed by atoms with Gasteiger partial charge in [-0.05, 0) is 49.9 Å². The molecule has 0 spiro atoms. The second kappa shape index (κ2) is 7.37. The summed E-state index contributed by atoms with van der Waals surface area (Å²) in [6.07, 6.45) is -12.5. The number of hydrogen-bond acceptors (Lipinski definition) is 1. The predicted molar refractivity (Wildman–Crippen MR) is 84.7 cm³/mol. The van der Waals surface area contributed by atoms with E-state index in [0.717, 1.165) is 18.4 Å². The van der Waals surface area contributed by atoms with Gasteiger partial charge in [0.25, 0.3) is 5.67 Å². The van der Waals surface area contributed by atoms with Crippen LogP contribution in [-0.4, -0.2) is 42.6 Å². The standard InChI is InChI=1S/C18H22F7N/c1-15(14-6-3-2-4-7-14)9-12-26(13-10-15)11-5-8-16(19,17(20,21)22)18(23,24)25/h2-4,6-7H,5,8-13H2,1H3. The molecule has 0 atom stereocenters. The lowest BCUT2D eigenvalue weighted by molar-refractivity contribution is -0.343. The summed E-state index contributed by atoms with van der Waals surface area (Å²) in [5, 5.41) is 0. The number of halogens is 7. The number of hydrogen-bond donors (Lipinski definition) is 0. The van der Waals surface area contributed by atoms with E-state index in [9.17, 15) is 30.7 Å². The van der Waals surface area contributed by atoms with Crippen LogP contribution in [0.1, 0.15) is 38.2 Å². The summed E-state index contributed by atoms with van der Waals surface area (Å²) in [6, 6.07) is 9.80. The van der Waals surface area contributed by atoms with Crippen LogP contribution in [0.2, 0.25) is 0 Å². The molecule has 0 saturated carbocycles. The summed E-state index contributed by atoms with van der Waals surface area (Å²) < 4.78 is 88.9. The lowest BCUT2D eigenvalue weighted by atomic mass is 9.74. The van der Waals surface area contributed by atoms with Gasteiger partial charge >= 0.3 is 12.4 Å². The van der Waals surface area contributed by atoms with Crippen molar-refractivity contribution in [1.82, 2.24) is 4.90 Å². The highest BCUT2D eigenvalue weighted by atomic mass is 19.4. The normalized spacial score (nSPS) is 19.5. The van der Waals surface area contributed by atoms with Crippen molar-refractivity contribution >= 4 is 0 Å². The lowest BCUT2D eigenvalue weighted by Crippen LogP contribution is -2.53. The molecule has 0 aliphatic carbocycles. The first-order chi connectivity index (χ1) is 11.9. The fourth-order valence-electron chi connectivity index (χ4n) is 3.39. The van der Waals surface area contributed by atoms with E-state index in [-0.39, 0.29) is 12.0 Å². The van der Waals surface area contributed by atoms with Crippen LogP contribution in [0.25, 0.3) is 0 Å². The summed E-state index contributed by atoms with van der Waals surface area (Å²) in [5.74, 6) is 0. The molecule has 0 aromatic heterocycles. The molecule has 2 rings (SSSR count). The van der Waals surface area contributed by atoms with Crippen LogP contribution >= 0.6 is 0 Å². The zero-order valence-electron chi connectivity index (χ0n) is 14.4. The van der Waals surface area contributed by atoms with Gasteiger partial charge in [-0.25, -0.2) is 4.39 Å². The van der Waals surface area contributed by atoms with E-state index < -0.39 is 30.9 Å². The molecular formula is C18H22F7N. The second-order valence-electron chi connectivity index (χ2n) is 7.17. The molecule has 1 aromatic rings. The van der Waals surface area contributed by atoms with Gasteiger partial charge < -0.3 is 4.90 Å². The van der Waals surface area contributed by atoms with Gasteiger partial charge in [-0.15, -0.1) is 0 Å². The molecule has 1 aliphatic heterocycles. The second-order valence-corrected chi connectivity index (χ2v) is 7.17. The number of piperidine rings is 1. The third-order valence-electron chi connectivity index (χ3n) is 5.32. The van der Waals surface area contributed by atoms with Gasteiger partial charge in [0.1, 0.15) is 0 Å². The fraction of sp³-hybridized carbons (Fsp3) is 0.667. The van der Waals surface area contributed by atoms with E-state index in [4.69, 9.17) is 0 Å². The van der Waals surface area contributed by atoms with Crippen LogP contribution in [0.4, 0.5) is 30.7 Å². The number of rotatable bonds is 5. The van der Waals surface area contributed by atoms with Gasteiger partial charge in [-0.3, -0.25) is 0 Å². The summed E-state index contributed by atoms with van der Waals surface area (Å²) in [5.41, 5.74) is -4.05. The molecule has 0 bridgehead atoms. The van der Waals surface area contributed by atoms with Gasteiger partial charge in [0, 0.05) is 6.42 Å². The highest BCUT2D eigenvalue weighted by Crippen LogP contribution is 2.49. The first-order valence-corrected chi connectivity index (χ1v) is 8.49. The summed E-state index contributed by atoms with van der Waals surface area (Å²) >= 11 is 0. The minimum absolute atomic E-state index is 0.0166. The van der Waals surface area contributed by atoms with E-state index in [0.29, 0.717) is 13.1 Å². The van der Waals surface area contributed by atoms with Crippen LogP contribution in [0.15, 0.2) is 30.3 Å². The monoisotopic (exact) mass is 385 g/mol. The molecule has 0 amide bonds. The minimum Gasteiger partial charge on any atom is -0.303 e. The van der Waals surface area contributed by atoms with Gasteiger partial charge in [0.05, 0.1) is 0 Å². The maximum atomic E-state index is 13.6. The van der Waals surface area contributed by atoms with Crippen molar-refractivity contribution in [2.45, 2.75) is 56.0 Å². The molecule has 1 heterocycles. The summed E-state index contributed by atoms with van der Waals surface area (Å²) in [4.78, 5) is 1.80. The molecule has 1 fully saturated rings. The molecule has 1 aliphatic rings. The molecule has 26 heavy (non-hydrogen) atoms. The van der Waals surface area contributed by atoms with Crippen LogP contribution < -0.4 is 0 Å². The lowest BCUT2D eigenvalue weighted by Gasteiger charge is -2.40. The largest absolute Gasteiger partial charge is 0.431 e. The van der Waals surface area contributed by atoms with Gasteiger partial charge in [0.15, 0.2) is 0 Å². The summed E-state index contributed by atoms with van der Waals surface area (Å²) in [6.45, 7) is 3.23.